The first-order chi connectivity index (χ1) is 5.54. The molecule has 0 aromatic rings. The van der Waals surface area contributed by atoms with Gasteiger partial charge in [0.1, 0.15) is 0 Å². The monoisotopic (exact) mass is 178 g/mol. The second kappa shape index (κ2) is 10.4. The molecule has 0 aromatic carbocycles. The highest BCUT2D eigenvalue weighted by atomic mass is 16.6. The number of esters is 1. The highest BCUT2D eigenvalue weighted by Gasteiger charge is 1.95. The molecule has 0 aliphatic carbocycles. The molecule has 0 saturated heterocycles. The zero-order chi connectivity index (χ0) is 9.98. The molecule has 0 aliphatic rings. The van der Waals surface area contributed by atoms with E-state index in [9.17, 15) is 4.79 Å². The normalized spacial score (nSPS) is 11.1. The Bertz CT molecular complexity index is 99.2. The van der Waals surface area contributed by atoms with Gasteiger partial charge < -0.3 is 14.6 Å². The van der Waals surface area contributed by atoms with Gasteiger partial charge in [0.25, 0.3) is 0 Å². The predicted molar refractivity (Wildman–Crippen MR) is 45.6 cm³/mol. The largest absolute Gasteiger partial charge is 0.436 e. The molecule has 0 rings (SSSR count). The zero-order valence-electron chi connectivity index (χ0n) is 8.16. The van der Waals surface area contributed by atoms with Crippen LogP contribution in [-0.4, -0.2) is 30.6 Å². The average Bonchev–Trinajstić information content (AvgIpc) is 1.87. The molecule has 1 unspecified atom stereocenters. The minimum Gasteiger partial charge on any atom is -0.436 e. The summed E-state index contributed by atoms with van der Waals surface area (Å²) in [7, 11) is 0. The van der Waals surface area contributed by atoms with Crippen LogP contribution in [0.4, 0.5) is 0 Å². The highest BCUT2D eigenvalue weighted by Crippen LogP contribution is 1.81. The van der Waals surface area contributed by atoms with Crippen molar-refractivity contribution in [1.82, 2.24) is 0 Å². The Morgan fingerprint density at radius 3 is 1.83 bits per heavy atom. The second-order valence-corrected chi connectivity index (χ2v) is 1.99. The van der Waals surface area contributed by atoms with Gasteiger partial charge in [-0.25, -0.2) is 0 Å². The van der Waals surface area contributed by atoms with Gasteiger partial charge in [-0.15, -0.1) is 0 Å². The summed E-state index contributed by atoms with van der Waals surface area (Å²) < 4.78 is 9.00. The first-order valence-corrected chi connectivity index (χ1v) is 3.97. The van der Waals surface area contributed by atoms with Crippen LogP contribution in [0.1, 0.15) is 27.7 Å². The molecular weight excluding hydrogens is 160 g/mol. The van der Waals surface area contributed by atoms with E-state index in [2.05, 4.69) is 4.74 Å². The lowest BCUT2D eigenvalue weighted by Crippen LogP contribution is -2.09. The van der Waals surface area contributed by atoms with Gasteiger partial charge in [-0.1, -0.05) is 0 Å². The summed E-state index contributed by atoms with van der Waals surface area (Å²) in [6, 6.07) is 0. The van der Waals surface area contributed by atoms with Crippen LogP contribution in [0, 0.1) is 0 Å². The van der Waals surface area contributed by atoms with E-state index >= 15 is 0 Å². The molecule has 0 bridgehead atoms. The van der Waals surface area contributed by atoms with E-state index in [1.165, 1.54) is 13.8 Å². The molecule has 1 N–H and O–H groups in total. The molecule has 1 atom stereocenters. The van der Waals surface area contributed by atoms with Crippen molar-refractivity contribution in [2.24, 2.45) is 0 Å². The summed E-state index contributed by atoms with van der Waals surface area (Å²) in [6.45, 7) is 8.29. The molecule has 4 heteroatoms. The van der Waals surface area contributed by atoms with Gasteiger partial charge in [-0.3, -0.25) is 4.79 Å². The average molecular weight is 178 g/mol. The molecule has 4 nitrogen and oxygen atoms in total. The maximum atomic E-state index is 9.87. The van der Waals surface area contributed by atoms with Crippen LogP contribution < -0.4 is 0 Å². The zero-order valence-corrected chi connectivity index (χ0v) is 8.16. The summed E-state index contributed by atoms with van der Waals surface area (Å²) in [5.41, 5.74) is 0. The van der Waals surface area contributed by atoms with Crippen molar-refractivity contribution in [3.63, 3.8) is 0 Å². The summed E-state index contributed by atoms with van der Waals surface area (Å²) in [5.74, 6) is -0.463. The molecular formula is C8H18O4. The number of aliphatic hydroxyl groups is 1. The number of carbonyl (C=O) groups is 1. The van der Waals surface area contributed by atoms with E-state index in [1.54, 1.807) is 0 Å². The Kier molecular flexibility index (Phi) is 12.1. The van der Waals surface area contributed by atoms with Crippen molar-refractivity contribution in [3.8, 4) is 0 Å². The van der Waals surface area contributed by atoms with Crippen molar-refractivity contribution < 1.29 is 19.4 Å². The van der Waals surface area contributed by atoms with E-state index in [4.69, 9.17) is 9.84 Å². The minimum atomic E-state index is -0.975. The number of hydrogen-bond donors (Lipinski definition) is 1. The summed E-state index contributed by atoms with van der Waals surface area (Å²) >= 11 is 0. The minimum absolute atomic E-state index is 0.463. The summed E-state index contributed by atoms with van der Waals surface area (Å²) in [4.78, 5) is 9.87. The number of ether oxygens (including phenoxy) is 2. The lowest BCUT2D eigenvalue weighted by atomic mass is 10.7. The lowest BCUT2D eigenvalue weighted by molar-refractivity contribution is -0.161. The third-order valence-electron chi connectivity index (χ3n) is 0.745. The molecule has 0 fully saturated rings. The Balaban J connectivity index is 0. The van der Waals surface area contributed by atoms with Gasteiger partial charge in [0, 0.05) is 20.1 Å². The molecule has 0 aliphatic heterocycles. The molecule has 74 valence electrons. The van der Waals surface area contributed by atoms with Crippen molar-refractivity contribution >= 4 is 5.97 Å². The van der Waals surface area contributed by atoms with Gasteiger partial charge in [-0.05, 0) is 20.8 Å². The molecule has 0 heterocycles. The molecule has 12 heavy (non-hydrogen) atoms. The van der Waals surface area contributed by atoms with Crippen LogP contribution in [0.25, 0.3) is 0 Å². The van der Waals surface area contributed by atoms with Gasteiger partial charge in [0.2, 0.25) is 0 Å². The van der Waals surface area contributed by atoms with Crippen molar-refractivity contribution in [3.05, 3.63) is 0 Å². The Hall–Kier alpha value is -0.610. The van der Waals surface area contributed by atoms with Crippen LogP contribution in [0.2, 0.25) is 0 Å². The fourth-order valence-corrected chi connectivity index (χ4v) is 0.444. The third-order valence-corrected chi connectivity index (χ3v) is 0.745. The third kappa shape index (κ3) is 22.8. The van der Waals surface area contributed by atoms with E-state index in [0.29, 0.717) is 0 Å². The summed E-state index contributed by atoms with van der Waals surface area (Å²) in [6.07, 6.45) is -0.975. The topological polar surface area (TPSA) is 55.8 Å². The SMILES string of the molecule is CC(=O)OC(C)O.CCOCC. The number of hydrogen-bond acceptors (Lipinski definition) is 4. The fourth-order valence-electron chi connectivity index (χ4n) is 0.444. The first kappa shape index (κ1) is 13.9. The highest BCUT2D eigenvalue weighted by molar-refractivity contribution is 5.65. The maximum Gasteiger partial charge on any atom is 0.304 e. The van der Waals surface area contributed by atoms with Crippen molar-refractivity contribution in [1.29, 1.82) is 0 Å². The van der Waals surface area contributed by atoms with Crippen LogP contribution in [0.15, 0.2) is 0 Å². The van der Waals surface area contributed by atoms with E-state index < -0.39 is 12.3 Å². The number of aliphatic hydroxyl groups excluding tert-OH is 1. The first-order valence-electron chi connectivity index (χ1n) is 3.97. The molecule has 0 saturated carbocycles. The lowest BCUT2D eigenvalue weighted by Gasteiger charge is -2.00. The van der Waals surface area contributed by atoms with Gasteiger partial charge in [0.05, 0.1) is 0 Å². The molecule has 0 aromatic heterocycles. The second-order valence-electron chi connectivity index (χ2n) is 1.99. The maximum absolute atomic E-state index is 9.87. The Labute approximate surface area is 73.5 Å². The predicted octanol–water partition coefficient (Wildman–Crippen LogP) is 0.931. The van der Waals surface area contributed by atoms with Crippen LogP contribution in [-0.2, 0) is 14.3 Å². The van der Waals surface area contributed by atoms with Gasteiger partial charge in [-0.2, -0.15) is 0 Å². The van der Waals surface area contributed by atoms with Crippen molar-refractivity contribution in [2.75, 3.05) is 13.2 Å². The van der Waals surface area contributed by atoms with E-state index in [1.807, 2.05) is 13.8 Å². The molecule has 0 amide bonds. The molecule has 0 spiro atoms. The Morgan fingerprint density at radius 2 is 1.83 bits per heavy atom. The van der Waals surface area contributed by atoms with E-state index in [-0.39, 0.29) is 0 Å². The van der Waals surface area contributed by atoms with Crippen molar-refractivity contribution in [2.45, 2.75) is 34.0 Å². The van der Waals surface area contributed by atoms with Crippen LogP contribution in [0.5, 0.6) is 0 Å². The fraction of sp³-hybridized carbons (Fsp3) is 0.875. The summed E-state index contributed by atoms with van der Waals surface area (Å²) in [5, 5.41) is 8.28. The smallest absolute Gasteiger partial charge is 0.304 e. The standard InChI is InChI=1S/C4H8O3.C4H10O/c1-3(5)7-4(2)6;1-3-5-4-2/h3,5H,1-2H3;3-4H2,1-2H3. The van der Waals surface area contributed by atoms with Gasteiger partial charge in [0.15, 0.2) is 6.29 Å². The number of rotatable bonds is 3. The number of carbonyl (C=O) groups excluding carboxylic acids is 1. The van der Waals surface area contributed by atoms with Crippen LogP contribution >= 0.6 is 0 Å². The van der Waals surface area contributed by atoms with Gasteiger partial charge >= 0.3 is 5.97 Å². The Morgan fingerprint density at radius 1 is 1.42 bits per heavy atom. The molecule has 0 radical (unpaired) electrons. The van der Waals surface area contributed by atoms with Crippen LogP contribution in [0.3, 0.4) is 0 Å². The van der Waals surface area contributed by atoms with E-state index in [0.717, 1.165) is 13.2 Å². The quantitative estimate of drug-likeness (QED) is 0.516.